The number of carbonyl (C=O) groups is 1. The third kappa shape index (κ3) is 4.26. The molecular formula is C19H17N7O2. The highest BCUT2D eigenvalue weighted by molar-refractivity contribution is 5.76. The summed E-state index contributed by atoms with van der Waals surface area (Å²) in [5.74, 6) is 1.54. The molecular weight excluding hydrogens is 358 g/mol. The molecule has 140 valence electrons. The van der Waals surface area contributed by atoms with Crippen LogP contribution in [0.25, 0.3) is 17.2 Å². The summed E-state index contributed by atoms with van der Waals surface area (Å²) in [4.78, 5) is 24.7. The number of hydrogen-bond acceptors (Lipinski definition) is 7. The van der Waals surface area contributed by atoms with Crippen LogP contribution in [0.15, 0.2) is 65.8 Å². The van der Waals surface area contributed by atoms with Crippen LogP contribution in [-0.4, -0.2) is 35.8 Å². The van der Waals surface area contributed by atoms with E-state index in [1.807, 2.05) is 24.4 Å². The lowest BCUT2D eigenvalue weighted by atomic mass is 10.2. The fraction of sp³-hybridized carbons (Fsp3) is 0.158. The van der Waals surface area contributed by atoms with E-state index in [1.165, 1.54) is 0 Å². The lowest BCUT2D eigenvalue weighted by molar-refractivity contribution is -0.121. The highest BCUT2D eigenvalue weighted by Crippen LogP contribution is 2.14. The number of aromatic nitrogens is 6. The van der Waals surface area contributed by atoms with Crippen molar-refractivity contribution in [1.82, 2.24) is 35.2 Å². The molecule has 9 nitrogen and oxygen atoms in total. The van der Waals surface area contributed by atoms with E-state index in [9.17, 15) is 4.79 Å². The number of pyridine rings is 2. The van der Waals surface area contributed by atoms with Crippen molar-refractivity contribution in [2.75, 3.05) is 0 Å². The second kappa shape index (κ2) is 8.21. The van der Waals surface area contributed by atoms with E-state index in [0.717, 1.165) is 16.9 Å². The number of amides is 1. The van der Waals surface area contributed by atoms with E-state index in [1.54, 1.807) is 41.6 Å². The number of rotatable bonds is 7. The van der Waals surface area contributed by atoms with Crippen LogP contribution in [0, 0.1) is 0 Å². The Kier molecular flexibility index (Phi) is 5.14. The van der Waals surface area contributed by atoms with E-state index >= 15 is 0 Å². The molecule has 0 aliphatic rings. The van der Waals surface area contributed by atoms with Crippen LogP contribution in [0.1, 0.15) is 17.9 Å². The van der Waals surface area contributed by atoms with Gasteiger partial charge in [0, 0.05) is 55.9 Å². The zero-order valence-corrected chi connectivity index (χ0v) is 14.9. The molecule has 0 aromatic carbocycles. The maximum absolute atomic E-state index is 12.1. The Morgan fingerprint density at radius 1 is 1.14 bits per heavy atom. The van der Waals surface area contributed by atoms with Crippen molar-refractivity contribution in [2.45, 2.75) is 19.4 Å². The lowest BCUT2D eigenvalue weighted by Gasteiger charge is -2.05. The molecule has 4 rings (SSSR count). The Labute approximate surface area is 160 Å². The number of carbonyl (C=O) groups excluding carboxylic acids is 1. The molecule has 28 heavy (non-hydrogen) atoms. The number of nitrogens with zero attached hydrogens (tertiary/aromatic N) is 6. The smallest absolute Gasteiger partial charge is 0.227 e. The van der Waals surface area contributed by atoms with Gasteiger partial charge in [-0.15, -0.1) is 0 Å². The normalized spacial score (nSPS) is 10.7. The zero-order valence-electron chi connectivity index (χ0n) is 14.9. The minimum atomic E-state index is -0.0974. The molecule has 0 atom stereocenters. The Morgan fingerprint density at radius 3 is 2.79 bits per heavy atom. The first-order chi connectivity index (χ1) is 13.8. The van der Waals surface area contributed by atoms with Gasteiger partial charge in [-0.1, -0.05) is 11.2 Å². The van der Waals surface area contributed by atoms with Gasteiger partial charge < -0.3 is 9.84 Å². The highest BCUT2D eigenvalue weighted by atomic mass is 16.5. The monoisotopic (exact) mass is 375 g/mol. The number of nitrogens with one attached hydrogen (secondary N) is 1. The van der Waals surface area contributed by atoms with Gasteiger partial charge in [0.05, 0.1) is 0 Å². The van der Waals surface area contributed by atoms with Gasteiger partial charge in [-0.2, -0.15) is 10.1 Å². The van der Waals surface area contributed by atoms with Crippen LogP contribution >= 0.6 is 0 Å². The summed E-state index contributed by atoms with van der Waals surface area (Å²) in [6.07, 6.45) is 9.19. The van der Waals surface area contributed by atoms with Gasteiger partial charge in [0.1, 0.15) is 0 Å². The molecule has 0 unspecified atom stereocenters. The van der Waals surface area contributed by atoms with E-state index < -0.39 is 0 Å². The third-order valence-electron chi connectivity index (χ3n) is 4.01. The fourth-order valence-corrected chi connectivity index (χ4v) is 2.55. The summed E-state index contributed by atoms with van der Waals surface area (Å²) in [5.41, 5.74) is 1.72. The van der Waals surface area contributed by atoms with Gasteiger partial charge in [0.25, 0.3) is 0 Å². The largest absolute Gasteiger partial charge is 0.352 e. The SMILES string of the molecule is O=C(CCc1nc(-c2ccncc2)no1)NCc1ccc(-n2cccn2)nc1. The molecule has 0 fully saturated rings. The molecule has 0 aliphatic carbocycles. The van der Waals surface area contributed by atoms with Crippen molar-refractivity contribution in [1.29, 1.82) is 0 Å². The molecule has 0 saturated heterocycles. The summed E-state index contributed by atoms with van der Waals surface area (Å²) in [6.45, 7) is 0.400. The van der Waals surface area contributed by atoms with Gasteiger partial charge in [0.15, 0.2) is 5.82 Å². The van der Waals surface area contributed by atoms with Crippen LogP contribution in [0.4, 0.5) is 0 Å². The summed E-state index contributed by atoms with van der Waals surface area (Å²) >= 11 is 0. The Balaban J connectivity index is 1.25. The van der Waals surface area contributed by atoms with Crippen molar-refractivity contribution >= 4 is 5.91 Å². The zero-order chi connectivity index (χ0) is 19.2. The molecule has 0 radical (unpaired) electrons. The van der Waals surface area contributed by atoms with Crippen LogP contribution in [0.2, 0.25) is 0 Å². The number of aryl methyl sites for hydroxylation is 1. The second-order valence-corrected chi connectivity index (χ2v) is 6.00. The Bertz CT molecular complexity index is 1030. The van der Waals surface area contributed by atoms with E-state index in [4.69, 9.17) is 4.52 Å². The van der Waals surface area contributed by atoms with Crippen LogP contribution < -0.4 is 5.32 Å². The summed E-state index contributed by atoms with van der Waals surface area (Å²) in [7, 11) is 0. The van der Waals surface area contributed by atoms with Gasteiger partial charge in [0.2, 0.25) is 17.6 Å². The topological polar surface area (TPSA) is 112 Å². The molecule has 4 heterocycles. The third-order valence-corrected chi connectivity index (χ3v) is 4.01. The standard InChI is InChI=1S/C19H17N7O2/c27-17(4-5-18-24-19(25-28-18)15-6-9-20-10-7-15)22-13-14-2-3-16(21-12-14)26-11-1-8-23-26/h1-3,6-12H,4-5,13H2,(H,22,27). The van der Waals surface area contributed by atoms with Crippen molar-refractivity contribution in [3.05, 3.63) is 72.8 Å². The van der Waals surface area contributed by atoms with Crippen molar-refractivity contribution in [3.63, 3.8) is 0 Å². The van der Waals surface area contributed by atoms with E-state index in [-0.39, 0.29) is 12.3 Å². The predicted octanol–water partition coefficient (Wildman–Crippen LogP) is 1.96. The quantitative estimate of drug-likeness (QED) is 0.525. The first-order valence-corrected chi connectivity index (χ1v) is 8.72. The molecule has 0 saturated carbocycles. The minimum Gasteiger partial charge on any atom is -0.352 e. The lowest BCUT2D eigenvalue weighted by Crippen LogP contribution is -2.23. The van der Waals surface area contributed by atoms with Gasteiger partial charge in [-0.3, -0.25) is 9.78 Å². The second-order valence-electron chi connectivity index (χ2n) is 6.00. The average molecular weight is 375 g/mol. The summed E-state index contributed by atoms with van der Waals surface area (Å²) < 4.78 is 6.87. The van der Waals surface area contributed by atoms with Crippen molar-refractivity contribution in [2.24, 2.45) is 0 Å². The Hall–Kier alpha value is -3.88. The van der Waals surface area contributed by atoms with E-state index in [2.05, 4.69) is 30.5 Å². The maximum Gasteiger partial charge on any atom is 0.227 e. The van der Waals surface area contributed by atoms with Crippen LogP contribution in [0.3, 0.4) is 0 Å². The summed E-state index contributed by atoms with van der Waals surface area (Å²) in [6, 6.07) is 9.19. The van der Waals surface area contributed by atoms with Crippen LogP contribution in [-0.2, 0) is 17.8 Å². The van der Waals surface area contributed by atoms with Crippen molar-refractivity contribution < 1.29 is 9.32 Å². The molecule has 1 amide bonds. The first kappa shape index (κ1) is 17.5. The van der Waals surface area contributed by atoms with Gasteiger partial charge in [-0.25, -0.2) is 9.67 Å². The van der Waals surface area contributed by atoms with Crippen LogP contribution in [0.5, 0.6) is 0 Å². The summed E-state index contributed by atoms with van der Waals surface area (Å²) in [5, 5.41) is 10.9. The molecule has 4 aromatic rings. The molecule has 0 spiro atoms. The molecule has 9 heteroatoms. The Morgan fingerprint density at radius 2 is 2.04 bits per heavy atom. The van der Waals surface area contributed by atoms with Crippen molar-refractivity contribution in [3.8, 4) is 17.2 Å². The van der Waals surface area contributed by atoms with E-state index in [0.29, 0.717) is 24.7 Å². The number of hydrogen-bond donors (Lipinski definition) is 1. The van der Waals surface area contributed by atoms with Gasteiger partial charge in [-0.05, 0) is 29.8 Å². The highest BCUT2D eigenvalue weighted by Gasteiger charge is 2.10. The minimum absolute atomic E-state index is 0.0974. The maximum atomic E-state index is 12.1. The molecule has 1 N–H and O–H groups in total. The molecule has 4 aromatic heterocycles. The molecule has 0 bridgehead atoms. The fourth-order valence-electron chi connectivity index (χ4n) is 2.55. The molecule has 0 aliphatic heterocycles. The first-order valence-electron chi connectivity index (χ1n) is 8.72. The predicted molar refractivity (Wildman–Crippen MR) is 99.1 cm³/mol. The van der Waals surface area contributed by atoms with Gasteiger partial charge >= 0.3 is 0 Å². The average Bonchev–Trinajstić information content (AvgIpc) is 3.44.